The molecule has 1 fully saturated rings. The first-order valence-electron chi connectivity index (χ1n) is 11.2. The highest BCUT2D eigenvalue weighted by atomic mass is 32.1. The maximum Gasteiger partial charge on any atom is 0.274 e. The quantitative estimate of drug-likeness (QED) is 0.456. The number of benzene rings is 2. The average Bonchev–Trinajstić information content (AvgIpc) is 3.25. The summed E-state index contributed by atoms with van der Waals surface area (Å²) in [4.78, 5) is 33.3. The number of hydrogen-bond donors (Lipinski definition) is 0. The molecule has 0 spiro atoms. The summed E-state index contributed by atoms with van der Waals surface area (Å²) in [5, 5.41) is 6.81. The molecule has 0 bridgehead atoms. The number of thiazole rings is 1. The summed E-state index contributed by atoms with van der Waals surface area (Å²) in [5.41, 5.74) is 1.24. The number of hydrogen-bond acceptors (Lipinski definition) is 5. The summed E-state index contributed by atoms with van der Waals surface area (Å²) in [6, 6.07) is 15.5. The molecule has 0 unspecified atom stereocenters. The Morgan fingerprint density at radius 1 is 1.12 bits per heavy atom. The van der Waals surface area contributed by atoms with Crippen molar-refractivity contribution in [3.63, 3.8) is 0 Å². The molecule has 0 radical (unpaired) electrons. The predicted molar refractivity (Wildman–Crippen MR) is 128 cm³/mol. The van der Waals surface area contributed by atoms with E-state index in [1.165, 1.54) is 9.38 Å². The highest BCUT2D eigenvalue weighted by molar-refractivity contribution is 7.18. The molecule has 7 heteroatoms. The maximum absolute atomic E-state index is 13.6. The molecule has 2 aromatic heterocycles. The molecular weight excluding hydrogens is 420 g/mol. The van der Waals surface area contributed by atoms with Gasteiger partial charge in [-0.15, -0.1) is 11.3 Å². The molecule has 6 nitrogen and oxygen atoms in total. The van der Waals surface area contributed by atoms with Gasteiger partial charge in [-0.25, -0.2) is 9.67 Å². The summed E-state index contributed by atoms with van der Waals surface area (Å²) in [6.07, 6.45) is 1.94. The van der Waals surface area contributed by atoms with Gasteiger partial charge in [0, 0.05) is 30.9 Å². The Balaban J connectivity index is 1.49. The summed E-state index contributed by atoms with van der Waals surface area (Å²) in [6.45, 7) is 5.88. The highest BCUT2D eigenvalue weighted by Gasteiger charge is 2.29. The molecule has 1 saturated heterocycles. The van der Waals surface area contributed by atoms with Crippen molar-refractivity contribution in [3.8, 4) is 0 Å². The molecule has 0 saturated carbocycles. The van der Waals surface area contributed by atoms with Crippen LogP contribution in [0.4, 0.5) is 0 Å². The van der Waals surface area contributed by atoms with Crippen molar-refractivity contribution in [2.45, 2.75) is 39.2 Å². The van der Waals surface area contributed by atoms with E-state index in [1.807, 2.05) is 55.1 Å². The van der Waals surface area contributed by atoms with E-state index in [0.29, 0.717) is 36.1 Å². The van der Waals surface area contributed by atoms with E-state index in [4.69, 9.17) is 4.98 Å². The number of fused-ring (bicyclic) bond motifs is 2. The molecule has 3 heterocycles. The molecule has 5 rings (SSSR count). The van der Waals surface area contributed by atoms with Crippen LogP contribution in [0.5, 0.6) is 0 Å². The zero-order chi connectivity index (χ0) is 22.2. The fourth-order valence-corrected chi connectivity index (χ4v) is 5.53. The Hall–Kier alpha value is -3.06. The monoisotopic (exact) mass is 446 g/mol. The van der Waals surface area contributed by atoms with Crippen LogP contribution in [0.2, 0.25) is 0 Å². The second-order valence-corrected chi connectivity index (χ2v) is 9.95. The second kappa shape index (κ2) is 8.47. The standard InChI is InChI=1S/C25H26N4O2S/c1-16(2)14-29-24(30)19-10-4-3-9-18(19)22(27-29)25(31)28-13-7-8-17(15-28)23-26-20-11-5-6-12-21(20)32-23/h3-6,9-12,16-17H,7-8,13-15H2,1-2H3/t17-/m0/s1. The van der Waals surface area contributed by atoms with Gasteiger partial charge in [-0.3, -0.25) is 9.59 Å². The number of rotatable bonds is 4. The van der Waals surface area contributed by atoms with E-state index in [1.54, 1.807) is 17.4 Å². The Kier molecular flexibility index (Phi) is 5.51. The van der Waals surface area contributed by atoms with E-state index < -0.39 is 0 Å². The third-order valence-electron chi connectivity index (χ3n) is 5.98. The van der Waals surface area contributed by atoms with Crippen LogP contribution in [0.3, 0.4) is 0 Å². The lowest BCUT2D eigenvalue weighted by Crippen LogP contribution is -2.40. The van der Waals surface area contributed by atoms with Crippen LogP contribution >= 0.6 is 11.3 Å². The molecule has 1 aliphatic heterocycles. The number of aromatic nitrogens is 3. The smallest absolute Gasteiger partial charge is 0.274 e. The predicted octanol–water partition coefficient (Wildman–Crippen LogP) is 4.68. The van der Waals surface area contributed by atoms with Gasteiger partial charge in [0.2, 0.25) is 0 Å². The van der Waals surface area contributed by atoms with Crippen molar-refractivity contribution in [1.82, 2.24) is 19.7 Å². The van der Waals surface area contributed by atoms with Gasteiger partial charge < -0.3 is 4.90 Å². The van der Waals surface area contributed by atoms with Crippen molar-refractivity contribution in [2.24, 2.45) is 5.92 Å². The largest absolute Gasteiger partial charge is 0.337 e. The van der Waals surface area contributed by atoms with E-state index in [0.717, 1.165) is 23.4 Å². The van der Waals surface area contributed by atoms with Crippen molar-refractivity contribution < 1.29 is 4.79 Å². The minimum absolute atomic E-state index is 0.107. The molecule has 1 amide bonds. The van der Waals surface area contributed by atoms with Gasteiger partial charge in [-0.05, 0) is 37.0 Å². The number of para-hydroxylation sites is 1. The van der Waals surface area contributed by atoms with Gasteiger partial charge >= 0.3 is 0 Å². The molecule has 1 aliphatic rings. The van der Waals surface area contributed by atoms with Crippen LogP contribution in [0.1, 0.15) is 48.1 Å². The molecule has 32 heavy (non-hydrogen) atoms. The Morgan fingerprint density at radius 3 is 2.66 bits per heavy atom. The van der Waals surface area contributed by atoms with E-state index in [9.17, 15) is 9.59 Å². The lowest BCUT2D eigenvalue weighted by molar-refractivity contribution is 0.0700. The van der Waals surface area contributed by atoms with Gasteiger partial charge in [-0.1, -0.05) is 44.2 Å². The van der Waals surface area contributed by atoms with Crippen LogP contribution in [0, 0.1) is 5.92 Å². The number of carbonyl (C=O) groups is 1. The van der Waals surface area contributed by atoms with Gasteiger partial charge in [0.15, 0.2) is 5.69 Å². The lowest BCUT2D eigenvalue weighted by atomic mass is 9.98. The van der Waals surface area contributed by atoms with E-state index in [-0.39, 0.29) is 23.3 Å². The van der Waals surface area contributed by atoms with Gasteiger partial charge in [0.1, 0.15) is 0 Å². The van der Waals surface area contributed by atoms with E-state index in [2.05, 4.69) is 11.2 Å². The van der Waals surface area contributed by atoms with Crippen molar-refractivity contribution >= 4 is 38.2 Å². The lowest BCUT2D eigenvalue weighted by Gasteiger charge is -2.32. The van der Waals surface area contributed by atoms with Gasteiger partial charge in [0.25, 0.3) is 11.5 Å². The van der Waals surface area contributed by atoms with Crippen molar-refractivity contribution in [2.75, 3.05) is 13.1 Å². The fraction of sp³-hybridized carbons (Fsp3) is 0.360. The summed E-state index contributed by atoms with van der Waals surface area (Å²) in [7, 11) is 0. The zero-order valence-corrected chi connectivity index (χ0v) is 19.1. The first kappa shape index (κ1) is 20.8. The van der Waals surface area contributed by atoms with Crippen LogP contribution in [0.15, 0.2) is 53.3 Å². The SMILES string of the molecule is CC(C)Cn1nc(C(=O)N2CCC[C@H](c3nc4ccccc4s3)C2)c2ccccc2c1=O. The number of piperidine rings is 1. The minimum Gasteiger partial charge on any atom is -0.337 e. The maximum atomic E-state index is 13.6. The summed E-state index contributed by atoms with van der Waals surface area (Å²) >= 11 is 1.72. The third kappa shape index (κ3) is 3.81. The summed E-state index contributed by atoms with van der Waals surface area (Å²) in [5.74, 6) is 0.366. The Bertz CT molecular complexity index is 1320. The second-order valence-electron chi connectivity index (χ2n) is 8.89. The van der Waals surface area contributed by atoms with E-state index >= 15 is 0 Å². The number of amides is 1. The molecule has 2 aromatic carbocycles. The molecule has 164 valence electrons. The number of carbonyl (C=O) groups excluding carboxylic acids is 1. The normalized spacial score (nSPS) is 16.8. The van der Waals surface area contributed by atoms with Crippen LogP contribution < -0.4 is 5.56 Å². The third-order valence-corrected chi connectivity index (χ3v) is 7.18. The molecule has 0 aliphatic carbocycles. The Morgan fingerprint density at radius 2 is 1.88 bits per heavy atom. The number of likely N-dealkylation sites (tertiary alicyclic amines) is 1. The zero-order valence-electron chi connectivity index (χ0n) is 18.3. The van der Waals surface area contributed by atoms with Crippen LogP contribution in [0.25, 0.3) is 21.0 Å². The van der Waals surface area contributed by atoms with Gasteiger partial charge in [0.05, 0.1) is 20.6 Å². The first-order valence-corrected chi connectivity index (χ1v) is 12.0. The topological polar surface area (TPSA) is 68.1 Å². The molecular formula is C25H26N4O2S. The fourth-order valence-electron chi connectivity index (χ4n) is 4.44. The molecule has 0 N–H and O–H groups in total. The summed E-state index contributed by atoms with van der Waals surface area (Å²) < 4.78 is 2.63. The van der Waals surface area contributed by atoms with Crippen molar-refractivity contribution in [1.29, 1.82) is 0 Å². The average molecular weight is 447 g/mol. The first-order chi connectivity index (χ1) is 15.5. The van der Waals surface area contributed by atoms with Crippen molar-refractivity contribution in [3.05, 3.63) is 69.6 Å². The molecule has 1 atom stereocenters. The van der Waals surface area contributed by atoms with Crippen LogP contribution in [-0.4, -0.2) is 38.7 Å². The molecule has 4 aromatic rings. The highest BCUT2D eigenvalue weighted by Crippen LogP contribution is 2.33. The van der Waals surface area contributed by atoms with Crippen LogP contribution in [-0.2, 0) is 6.54 Å². The minimum atomic E-state index is -0.142. The van der Waals surface area contributed by atoms with Gasteiger partial charge in [-0.2, -0.15) is 5.10 Å². The number of nitrogens with zero attached hydrogens (tertiary/aromatic N) is 4. The Labute approximate surface area is 190 Å².